The van der Waals surface area contributed by atoms with Crippen LogP contribution in [0.2, 0.25) is 0 Å². The summed E-state index contributed by atoms with van der Waals surface area (Å²) >= 11 is 0. The van der Waals surface area contributed by atoms with Gasteiger partial charge in [-0.3, -0.25) is 19.4 Å². The monoisotopic (exact) mass is 828 g/mol. The molecule has 1 saturated carbocycles. The van der Waals surface area contributed by atoms with Gasteiger partial charge in [-0.15, -0.1) is 0 Å². The van der Waals surface area contributed by atoms with Gasteiger partial charge >= 0.3 is 17.9 Å². The number of rotatable bonds is 7. The van der Waals surface area contributed by atoms with Crippen molar-refractivity contribution in [1.29, 1.82) is 0 Å². The fraction of sp³-hybridized carbons (Fsp3) is 0.587. The molecule has 1 spiro atoms. The number of H-pyrrole nitrogens is 1. The average Bonchev–Trinajstić information content (AvgIpc) is 3.90. The van der Waals surface area contributed by atoms with Crippen LogP contribution in [0.4, 0.5) is 10.1 Å². The number of carbonyl (C=O) groups excluding carboxylic acids is 3. The Labute approximate surface area is 349 Å². The number of piperidine rings is 1. The van der Waals surface area contributed by atoms with Crippen molar-refractivity contribution in [1.82, 2.24) is 14.8 Å². The molecule has 0 amide bonds. The zero-order chi connectivity index (χ0) is 42.7. The van der Waals surface area contributed by atoms with Crippen molar-refractivity contribution in [3.05, 3.63) is 70.7 Å². The maximum Gasteiger partial charge on any atom is 0.344 e. The molecular weight excluding hydrogens is 772 g/mol. The maximum absolute atomic E-state index is 15.9. The van der Waals surface area contributed by atoms with Crippen LogP contribution in [0.15, 0.2) is 42.5 Å². The predicted molar refractivity (Wildman–Crippen MR) is 220 cm³/mol. The van der Waals surface area contributed by atoms with Gasteiger partial charge in [0, 0.05) is 85.4 Å². The highest BCUT2D eigenvalue weighted by Gasteiger charge is 2.80. The number of hydrogen-bond acceptors (Lipinski definition) is 12. The fourth-order valence-corrected chi connectivity index (χ4v) is 13.5. The third kappa shape index (κ3) is 5.19. The Morgan fingerprint density at radius 3 is 2.43 bits per heavy atom. The van der Waals surface area contributed by atoms with E-state index in [1.165, 1.54) is 27.2 Å². The number of anilines is 1. The number of fused-ring (bicyclic) bond motifs is 6. The number of hydrogen-bond donors (Lipinski definition) is 3. The number of benzene rings is 2. The third-order valence-electron chi connectivity index (χ3n) is 15.7. The summed E-state index contributed by atoms with van der Waals surface area (Å²) in [4.78, 5) is 52.7. The number of aromatic nitrogens is 1. The summed E-state index contributed by atoms with van der Waals surface area (Å²) in [6.07, 6.45) is 5.34. The van der Waals surface area contributed by atoms with Crippen LogP contribution < -0.4 is 9.64 Å². The Morgan fingerprint density at radius 1 is 0.983 bits per heavy atom. The average molecular weight is 829 g/mol. The topological polar surface area (TPSA) is 154 Å². The SMILES string of the molecule is CC[C@]1(O)C[C@H]2CN(CCc3c([nH]c4c(F)cccc34)[C@@](C(=O)OC)(c3cc4c(cc3OC)N(C)[C@H]3[C@@](O)(C(=O)OC)[C@H](OC(C)=O)[C@]5(CC)C=CCN6CC[C@]43[C@@H]65)C2)C1. The number of nitrogens with one attached hydrogen (secondary N) is 1. The Kier molecular flexibility index (Phi) is 9.55. The Bertz CT molecular complexity index is 2320. The van der Waals surface area contributed by atoms with Crippen LogP contribution in [0.3, 0.4) is 0 Å². The number of carbonyl (C=O) groups is 3. The molecule has 1 unspecified atom stereocenters. The highest BCUT2D eigenvalue weighted by atomic mass is 19.1. The van der Waals surface area contributed by atoms with Gasteiger partial charge in [0.2, 0.25) is 5.60 Å². The largest absolute Gasteiger partial charge is 0.496 e. The number of esters is 3. The smallest absolute Gasteiger partial charge is 0.344 e. The van der Waals surface area contributed by atoms with Crippen LogP contribution in [0.25, 0.3) is 10.9 Å². The summed E-state index contributed by atoms with van der Waals surface area (Å²) in [6.45, 7) is 8.18. The summed E-state index contributed by atoms with van der Waals surface area (Å²) in [5.74, 6) is -2.38. The number of aromatic amines is 1. The number of aliphatic hydroxyl groups is 2. The summed E-state index contributed by atoms with van der Waals surface area (Å²) in [5.41, 5.74) is -3.35. The van der Waals surface area contributed by atoms with Gasteiger partial charge in [-0.05, 0) is 74.2 Å². The standard InChI is InChI=1S/C46H57FN4O9/c1-8-42(55)22-27-23-45(40(53)58-6,36-29(14-18-50(24-27)25-42)28-12-10-13-32(47)35(28)48-36)31-20-30-33(21-34(31)57-5)49(4)38-44(30)16-19-51-17-11-15-43(9-2,37(44)51)39(60-26(3)52)46(38,56)41(54)59-7/h10-13,15,20-21,27,37-39,48,55-56H,8-9,14,16-19,22-25H2,1-7H3/t27-,37+,38-,39-,42+,43-,44-,45+,46+/m1/s1. The van der Waals surface area contributed by atoms with E-state index < -0.39 is 63.3 Å². The zero-order valence-corrected chi connectivity index (χ0v) is 35.6. The van der Waals surface area contributed by atoms with Crippen molar-refractivity contribution >= 4 is 34.5 Å². The van der Waals surface area contributed by atoms with Gasteiger partial charge < -0.3 is 39.0 Å². The fourth-order valence-electron chi connectivity index (χ4n) is 13.5. The Balaban J connectivity index is 1.37. The molecule has 3 fully saturated rings. The molecule has 5 aliphatic heterocycles. The minimum absolute atomic E-state index is 0.196. The highest BCUT2D eigenvalue weighted by molar-refractivity contribution is 5.95. The molecule has 2 aromatic carbocycles. The lowest BCUT2D eigenvalue weighted by molar-refractivity contribution is -0.228. The quantitative estimate of drug-likeness (QED) is 0.178. The molecule has 13 nitrogen and oxygen atoms in total. The molecule has 322 valence electrons. The van der Waals surface area contributed by atoms with Crippen LogP contribution >= 0.6 is 0 Å². The lowest BCUT2D eigenvalue weighted by Crippen LogP contribution is -2.81. The van der Waals surface area contributed by atoms with Crippen molar-refractivity contribution in [2.75, 3.05) is 66.0 Å². The van der Waals surface area contributed by atoms with Crippen LogP contribution in [0, 0.1) is 17.2 Å². The minimum Gasteiger partial charge on any atom is -0.496 e. The first-order valence-electron chi connectivity index (χ1n) is 21.3. The Morgan fingerprint density at radius 2 is 1.75 bits per heavy atom. The molecule has 0 radical (unpaired) electrons. The van der Waals surface area contributed by atoms with Crippen LogP contribution in [-0.2, 0) is 45.8 Å². The van der Waals surface area contributed by atoms with Crippen LogP contribution in [0.1, 0.15) is 75.3 Å². The van der Waals surface area contributed by atoms with E-state index in [0.717, 1.165) is 11.1 Å². The molecule has 6 heterocycles. The second-order valence-corrected chi connectivity index (χ2v) is 18.3. The maximum atomic E-state index is 15.9. The molecule has 1 aromatic heterocycles. The number of methoxy groups -OCH3 is 3. The van der Waals surface area contributed by atoms with Gasteiger partial charge in [-0.2, -0.15) is 0 Å². The second kappa shape index (κ2) is 14.0. The number of nitrogens with zero attached hydrogens (tertiary/aromatic N) is 3. The van der Waals surface area contributed by atoms with Crippen molar-refractivity contribution in [2.45, 2.75) is 99.5 Å². The van der Waals surface area contributed by atoms with E-state index in [2.05, 4.69) is 14.8 Å². The molecule has 2 saturated heterocycles. The third-order valence-corrected chi connectivity index (χ3v) is 15.7. The molecule has 2 bridgehead atoms. The second-order valence-electron chi connectivity index (χ2n) is 18.3. The number of para-hydroxylation sites is 1. The first kappa shape index (κ1) is 40.9. The van der Waals surface area contributed by atoms with Gasteiger partial charge in [0.15, 0.2) is 6.10 Å². The van der Waals surface area contributed by atoms with Gasteiger partial charge in [0.1, 0.15) is 17.0 Å². The van der Waals surface area contributed by atoms with E-state index >= 15 is 9.18 Å². The van der Waals surface area contributed by atoms with E-state index in [9.17, 15) is 19.8 Å². The molecule has 6 aliphatic rings. The van der Waals surface area contributed by atoms with E-state index in [-0.39, 0.29) is 18.4 Å². The van der Waals surface area contributed by atoms with Gasteiger partial charge in [-0.25, -0.2) is 9.18 Å². The molecule has 3 N–H and O–H groups in total. The van der Waals surface area contributed by atoms with Gasteiger partial charge in [-0.1, -0.05) is 38.1 Å². The molecule has 10 atom stereocenters. The first-order valence-corrected chi connectivity index (χ1v) is 21.3. The van der Waals surface area contributed by atoms with Crippen LogP contribution in [0.5, 0.6) is 5.75 Å². The van der Waals surface area contributed by atoms with Crippen molar-refractivity contribution in [3.63, 3.8) is 0 Å². The van der Waals surface area contributed by atoms with Crippen molar-refractivity contribution < 1.29 is 47.9 Å². The van der Waals surface area contributed by atoms with Gasteiger partial charge in [0.05, 0.1) is 38.5 Å². The molecule has 9 rings (SSSR count). The zero-order valence-electron chi connectivity index (χ0n) is 35.6. The van der Waals surface area contributed by atoms with E-state index in [1.807, 2.05) is 56.1 Å². The Hall–Kier alpha value is -4.50. The molecule has 14 heteroatoms. The van der Waals surface area contributed by atoms with E-state index in [0.29, 0.717) is 98.4 Å². The first-order chi connectivity index (χ1) is 28.6. The predicted octanol–water partition coefficient (Wildman–Crippen LogP) is 4.13. The lowest BCUT2D eigenvalue weighted by Gasteiger charge is -2.63. The molecule has 3 aromatic rings. The minimum atomic E-state index is -2.35. The van der Waals surface area contributed by atoms with Crippen LogP contribution in [-0.4, -0.2) is 133 Å². The summed E-state index contributed by atoms with van der Waals surface area (Å²) in [7, 11) is 5.96. The molecule has 1 aliphatic carbocycles. The highest BCUT2D eigenvalue weighted by Crippen LogP contribution is 2.68. The summed E-state index contributed by atoms with van der Waals surface area (Å²) in [6, 6.07) is 7.52. The van der Waals surface area contributed by atoms with E-state index in [1.54, 1.807) is 13.2 Å². The van der Waals surface area contributed by atoms with E-state index in [4.69, 9.17) is 18.9 Å². The van der Waals surface area contributed by atoms with Crippen molar-refractivity contribution in [3.8, 4) is 5.75 Å². The number of ether oxygens (including phenoxy) is 4. The normalized spacial score (nSPS) is 36.6. The lowest BCUT2D eigenvalue weighted by atomic mass is 9.47. The van der Waals surface area contributed by atoms with Gasteiger partial charge in [0.25, 0.3) is 0 Å². The number of likely N-dealkylation sites (N-methyl/N-ethyl adjacent to an activating group) is 1. The summed E-state index contributed by atoms with van der Waals surface area (Å²) < 4.78 is 39.7. The molecular formula is C46H57FN4O9. The summed E-state index contributed by atoms with van der Waals surface area (Å²) in [5, 5.41) is 25.9. The molecule has 60 heavy (non-hydrogen) atoms. The van der Waals surface area contributed by atoms with Crippen molar-refractivity contribution in [2.24, 2.45) is 11.3 Å². The number of halogens is 1.